The van der Waals surface area contributed by atoms with Crippen LogP contribution in [0.3, 0.4) is 0 Å². The Morgan fingerprint density at radius 1 is 1.07 bits per heavy atom. The van der Waals surface area contributed by atoms with Gasteiger partial charge in [0.05, 0.1) is 24.9 Å². The lowest BCUT2D eigenvalue weighted by Crippen LogP contribution is -2.36. The van der Waals surface area contributed by atoms with E-state index in [-0.39, 0.29) is 28.5 Å². The number of amides is 3. The Bertz CT molecular complexity index is 1110. The molecule has 2 aromatic rings. The monoisotopic (exact) mass is 458 g/mol. The van der Waals surface area contributed by atoms with E-state index in [0.29, 0.717) is 0 Å². The molecule has 0 saturated heterocycles. The SMILES string of the molecule is COC(=O)C(=O)Nc1cccc(Cl)c1S(=O)(=O)NC(=O)Nc1nc(C)nc(OC)n1. The van der Waals surface area contributed by atoms with Gasteiger partial charge in [-0.05, 0) is 19.1 Å². The summed E-state index contributed by atoms with van der Waals surface area (Å²) in [5.74, 6) is -2.57. The second-order valence-corrected chi connectivity index (χ2v) is 7.34. The van der Waals surface area contributed by atoms with Gasteiger partial charge >= 0.3 is 23.9 Å². The first-order valence-electron chi connectivity index (χ1n) is 7.85. The first-order valence-corrected chi connectivity index (χ1v) is 9.71. The zero-order valence-corrected chi connectivity index (χ0v) is 17.3. The van der Waals surface area contributed by atoms with Crippen LogP contribution in [0.15, 0.2) is 23.1 Å². The number of methoxy groups -OCH3 is 2. The number of rotatable bonds is 5. The van der Waals surface area contributed by atoms with E-state index >= 15 is 0 Å². The molecule has 0 spiro atoms. The van der Waals surface area contributed by atoms with Crippen molar-refractivity contribution in [2.24, 2.45) is 0 Å². The molecule has 15 heteroatoms. The zero-order chi connectivity index (χ0) is 22.5. The predicted octanol–water partition coefficient (Wildman–Crippen LogP) is 0.464. The Balaban J connectivity index is 2.29. The average molecular weight is 459 g/mol. The van der Waals surface area contributed by atoms with Gasteiger partial charge < -0.3 is 14.8 Å². The van der Waals surface area contributed by atoms with Gasteiger partial charge in [0, 0.05) is 0 Å². The van der Waals surface area contributed by atoms with Crippen LogP contribution >= 0.6 is 11.6 Å². The number of aryl methyl sites for hydroxylation is 1. The number of esters is 1. The van der Waals surface area contributed by atoms with E-state index in [4.69, 9.17) is 16.3 Å². The number of hydrogen-bond acceptors (Lipinski definition) is 10. The van der Waals surface area contributed by atoms with Crippen molar-refractivity contribution in [2.45, 2.75) is 11.8 Å². The van der Waals surface area contributed by atoms with E-state index in [0.717, 1.165) is 7.11 Å². The number of anilines is 2. The van der Waals surface area contributed by atoms with Crippen LogP contribution in [0.1, 0.15) is 5.82 Å². The number of aromatic nitrogens is 3. The molecular weight excluding hydrogens is 444 g/mol. The highest BCUT2D eigenvalue weighted by atomic mass is 35.5. The van der Waals surface area contributed by atoms with Crippen LogP contribution in [0, 0.1) is 6.92 Å². The van der Waals surface area contributed by atoms with Crippen LogP contribution in [0.2, 0.25) is 5.02 Å². The molecule has 0 atom stereocenters. The smallest absolute Gasteiger partial charge is 0.396 e. The maximum absolute atomic E-state index is 12.7. The van der Waals surface area contributed by atoms with Gasteiger partial charge in [0.1, 0.15) is 10.7 Å². The average Bonchev–Trinajstić information content (AvgIpc) is 2.65. The summed E-state index contributed by atoms with van der Waals surface area (Å²) in [5, 5.41) is 3.85. The molecule has 3 amide bonds. The molecule has 0 aliphatic rings. The number of ether oxygens (including phenoxy) is 2. The van der Waals surface area contributed by atoms with E-state index < -0.39 is 32.8 Å². The first-order chi connectivity index (χ1) is 14.1. The standard InChI is InChI=1S/C15H15ClN6O7S/c1-7-17-13(21-15(18-7)29-3)20-14(25)22-30(26,27)10-8(16)5-4-6-9(10)19-11(23)12(24)28-2/h4-6H,1-3H3,(H,19,23)(H2,17,18,20,21,22,25). The molecule has 0 radical (unpaired) electrons. The van der Waals surface area contributed by atoms with E-state index in [9.17, 15) is 22.8 Å². The molecule has 2 rings (SSSR count). The summed E-state index contributed by atoms with van der Waals surface area (Å²) in [6, 6.07) is 2.38. The lowest BCUT2D eigenvalue weighted by molar-refractivity contribution is -0.150. The number of nitrogens with one attached hydrogen (secondary N) is 3. The molecule has 160 valence electrons. The number of benzene rings is 1. The molecule has 0 unspecified atom stereocenters. The maximum atomic E-state index is 12.7. The van der Waals surface area contributed by atoms with E-state index in [1.165, 1.54) is 32.2 Å². The molecule has 3 N–H and O–H groups in total. The van der Waals surface area contributed by atoms with E-state index in [2.05, 4.69) is 30.3 Å². The number of sulfonamides is 1. The number of halogens is 1. The van der Waals surface area contributed by atoms with Crippen molar-refractivity contribution in [3.63, 3.8) is 0 Å². The van der Waals surface area contributed by atoms with Crippen molar-refractivity contribution in [3.05, 3.63) is 29.0 Å². The molecule has 0 saturated carbocycles. The minimum absolute atomic E-state index is 0.0976. The minimum atomic E-state index is -4.61. The highest BCUT2D eigenvalue weighted by Gasteiger charge is 2.27. The molecule has 13 nitrogen and oxygen atoms in total. The number of hydrogen-bond donors (Lipinski definition) is 3. The van der Waals surface area contributed by atoms with Crippen molar-refractivity contribution in [2.75, 3.05) is 24.9 Å². The number of nitrogens with zero attached hydrogens (tertiary/aromatic N) is 3. The van der Waals surface area contributed by atoms with E-state index in [1.807, 2.05) is 0 Å². The predicted molar refractivity (Wildman–Crippen MR) is 103 cm³/mol. The molecule has 0 aliphatic heterocycles. The van der Waals surface area contributed by atoms with Crippen LogP contribution in [-0.4, -0.2) is 55.5 Å². The number of carbonyl (C=O) groups excluding carboxylic acids is 3. The van der Waals surface area contributed by atoms with Crippen molar-refractivity contribution >= 4 is 51.2 Å². The van der Waals surface area contributed by atoms with Gasteiger partial charge in [-0.3, -0.25) is 10.1 Å². The quantitative estimate of drug-likeness (QED) is 0.421. The summed E-state index contributed by atoms with van der Waals surface area (Å²) < 4.78 is 36.2. The lowest BCUT2D eigenvalue weighted by atomic mass is 10.3. The Morgan fingerprint density at radius 3 is 2.40 bits per heavy atom. The summed E-state index contributed by atoms with van der Waals surface area (Å²) in [4.78, 5) is 45.9. The van der Waals surface area contributed by atoms with Gasteiger partial charge in [0.2, 0.25) is 5.95 Å². The van der Waals surface area contributed by atoms with Crippen LogP contribution in [0.25, 0.3) is 0 Å². The van der Waals surface area contributed by atoms with Gasteiger partial charge in [-0.2, -0.15) is 15.0 Å². The summed E-state index contributed by atoms with van der Waals surface area (Å²) in [6.07, 6.45) is 0. The topological polar surface area (TPSA) is 179 Å². The molecular formula is C15H15ClN6O7S. The van der Waals surface area contributed by atoms with Gasteiger partial charge in [-0.25, -0.2) is 22.7 Å². The van der Waals surface area contributed by atoms with Crippen molar-refractivity contribution in [3.8, 4) is 6.01 Å². The molecule has 0 bridgehead atoms. The summed E-state index contributed by atoms with van der Waals surface area (Å²) >= 11 is 5.95. The van der Waals surface area contributed by atoms with Gasteiger partial charge in [0.25, 0.3) is 10.0 Å². The summed E-state index contributed by atoms with van der Waals surface area (Å²) in [5.41, 5.74) is -0.351. The van der Waals surface area contributed by atoms with Crippen LogP contribution in [0.5, 0.6) is 6.01 Å². The van der Waals surface area contributed by atoms with Crippen LogP contribution < -0.4 is 20.1 Å². The Kier molecular flexibility index (Phi) is 7.07. The van der Waals surface area contributed by atoms with Gasteiger partial charge in [0.15, 0.2) is 0 Å². The van der Waals surface area contributed by atoms with Crippen LogP contribution in [-0.2, 0) is 24.3 Å². The van der Waals surface area contributed by atoms with Crippen molar-refractivity contribution < 1.29 is 32.3 Å². The normalized spacial score (nSPS) is 10.7. The third kappa shape index (κ3) is 5.51. The molecule has 30 heavy (non-hydrogen) atoms. The van der Waals surface area contributed by atoms with E-state index in [1.54, 1.807) is 4.72 Å². The van der Waals surface area contributed by atoms with Gasteiger partial charge in [-0.15, -0.1) is 0 Å². The zero-order valence-electron chi connectivity index (χ0n) is 15.7. The second-order valence-electron chi connectivity index (χ2n) is 5.31. The highest BCUT2D eigenvalue weighted by molar-refractivity contribution is 7.90. The Labute approximate surface area is 175 Å². The first kappa shape index (κ1) is 22.8. The Morgan fingerprint density at radius 2 is 1.77 bits per heavy atom. The fraction of sp³-hybridized carbons (Fsp3) is 0.200. The summed E-state index contributed by atoms with van der Waals surface area (Å²) in [7, 11) is -2.34. The van der Waals surface area contributed by atoms with Crippen molar-refractivity contribution in [1.29, 1.82) is 0 Å². The molecule has 0 fully saturated rings. The van der Waals surface area contributed by atoms with Crippen molar-refractivity contribution in [1.82, 2.24) is 19.7 Å². The third-order valence-corrected chi connectivity index (χ3v) is 5.07. The molecule has 1 aromatic carbocycles. The fourth-order valence-electron chi connectivity index (χ4n) is 2.05. The number of urea groups is 1. The number of carbonyl (C=O) groups is 3. The molecule has 1 heterocycles. The fourth-order valence-corrected chi connectivity index (χ4v) is 3.66. The molecule has 0 aliphatic carbocycles. The Hall–Kier alpha value is -3.52. The lowest BCUT2D eigenvalue weighted by Gasteiger charge is -2.13. The maximum Gasteiger partial charge on any atom is 0.396 e. The van der Waals surface area contributed by atoms with Crippen LogP contribution in [0.4, 0.5) is 16.4 Å². The highest BCUT2D eigenvalue weighted by Crippen LogP contribution is 2.29. The third-order valence-electron chi connectivity index (χ3n) is 3.22. The molecule has 1 aromatic heterocycles. The largest absolute Gasteiger partial charge is 0.467 e. The summed E-state index contributed by atoms with van der Waals surface area (Å²) in [6.45, 7) is 1.50. The van der Waals surface area contributed by atoms with Gasteiger partial charge in [-0.1, -0.05) is 17.7 Å². The second kappa shape index (κ2) is 9.32. The minimum Gasteiger partial charge on any atom is -0.467 e.